The molecule has 0 saturated heterocycles. The van der Waals surface area contributed by atoms with Gasteiger partial charge in [-0.1, -0.05) is 20.3 Å². The molecule has 0 spiro atoms. The van der Waals surface area contributed by atoms with Gasteiger partial charge in [-0.2, -0.15) is 0 Å². The highest BCUT2D eigenvalue weighted by Crippen LogP contribution is 1.98. The summed E-state index contributed by atoms with van der Waals surface area (Å²) < 4.78 is 0. The van der Waals surface area contributed by atoms with Crippen molar-refractivity contribution in [2.24, 2.45) is 4.99 Å². The lowest BCUT2D eigenvalue weighted by atomic mass is 10.2. The Morgan fingerprint density at radius 1 is 1.21 bits per heavy atom. The molecule has 0 aliphatic rings. The molecule has 5 heteroatoms. The molecule has 0 amide bonds. The zero-order valence-electron chi connectivity index (χ0n) is 13.6. The van der Waals surface area contributed by atoms with Crippen molar-refractivity contribution in [3.05, 3.63) is 0 Å². The van der Waals surface area contributed by atoms with Crippen molar-refractivity contribution < 1.29 is 0 Å². The molecule has 0 heterocycles. The normalized spacial score (nSPS) is 13.1. The van der Waals surface area contributed by atoms with Gasteiger partial charge in [0.05, 0.1) is 0 Å². The van der Waals surface area contributed by atoms with Gasteiger partial charge in [-0.15, -0.1) is 24.0 Å². The molecule has 116 valence electrons. The van der Waals surface area contributed by atoms with E-state index >= 15 is 0 Å². The van der Waals surface area contributed by atoms with Gasteiger partial charge in [0.1, 0.15) is 0 Å². The van der Waals surface area contributed by atoms with E-state index in [0.717, 1.165) is 25.6 Å². The Morgan fingerprint density at radius 2 is 1.84 bits per heavy atom. The quantitative estimate of drug-likeness (QED) is 0.397. The number of likely N-dealkylation sites (N-methyl/N-ethyl adjacent to an activating group) is 1. The molecule has 0 bridgehead atoms. The zero-order valence-corrected chi connectivity index (χ0v) is 15.9. The zero-order chi connectivity index (χ0) is 14.0. The third-order valence-electron chi connectivity index (χ3n) is 3.51. The summed E-state index contributed by atoms with van der Waals surface area (Å²) in [5, 5.41) is 3.42. The van der Waals surface area contributed by atoms with Crippen LogP contribution in [0, 0.1) is 0 Å². The van der Waals surface area contributed by atoms with Gasteiger partial charge < -0.3 is 15.1 Å². The predicted octanol–water partition coefficient (Wildman–Crippen LogP) is 2.64. The van der Waals surface area contributed by atoms with Crippen LogP contribution in [0.1, 0.15) is 40.0 Å². The standard InChI is InChI=1S/C14H32N4.HI/c1-7-9-11-18(6)14(15-4)16-10-12-17(5)13(3)8-2;/h13H,7-12H2,1-6H3,(H,15,16);1H. The lowest BCUT2D eigenvalue weighted by molar-refractivity contribution is 0.255. The highest BCUT2D eigenvalue weighted by atomic mass is 127. The molecule has 0 aliphatic heterocycles. The third kappa shape index (κ3) is 9.49. The monoisotopic (exact) mass is 384 g/mol. The van der Waals surface area contributed by atoms with E-state index in [1.165, 1.54) is 19.3 Å². The van der Waals surface area contributed by atoms with Gasteiger partial charge in [0, 0.05) is 39.8 Å². The average molecular weight is 384 g/mol. The number of hydrogen-bond donors (Lipinski definition) is 1. The van der Waals surface area contributed by atoms with E-state index in [1.54, 1.807) is 0 Å². The first-order valence-electron chi connectivity index (χ1n) is 7.18. The predicted molar refractivity (Wildman–Crippen MR) is 96.7 cm³/mol. The van der Waals surface area contributed by atoms with E-state index < -0.39 is 0 Å². The Bertz CT molecular complexity index is 233. The SMILES string of the molecule is CCCCN(C)C(=NC)NCCN(C)C(C)CC.I. The Hall–Kier alpha value is -0.0400. The Morgan fingerprint density at radius 3 is 2.32 bits per heavy atom. The first kappa shape index (κ1) is 21.3. The summed E-state index contributed by atoms with van der Waals surface area (Å²) in [6.07, 6.45) is 3.63. The largest absolute Gasteiger partial charge is 0.355 e. The van der Waals surface area contributed by atoms with E-state index in [4.69, 9.17) is 0 Å². The third-order valence-corrected chi connectivity index (χ3v) is 3.51. The molecule has 1 N–H and O–H groups in total. The summed E-state index contributed by atoms with van der Waals surface area (Å²) in [5.74, 6) is 1.00. The van der Waals surface area contributed by atoms with Gasteiger partial charge in [-0.3, -0.25) is 4.99 Å². The number of guanidine groups is 1. The van der Waals surface area contributed by atoms with Crippen LogP contribution in [-0.4, -0.2) is 62.6 Å². The fraction of sp³-hybridized carbons (Fsp3) is 0.929. The first-order chi connectivity index (χ1) is 8.56. The van der Waals surface area contributed by atoms with E-state index in [2.05, 4.69) is 55.0 Å². The number of aliphatic imine (C=N–C) groups is 1. The Labute approximate surface area is 137 Å². The van der Waals surface area contributed by atoms with Crippen molar-refractivity contribution in [1.29, 1.82) is 0 Å². The minimum atomic E-state index is 0. The maximum Gasteiger partial charge on any atom is 0.193 e. The van der Waals surface area contributed by atoms with Crippen LogP contribution in [0.2, 0.25) is 0 Å². The number of halogens is 1. The second-order valence-corrected chi connectivity index (χ2v) is 4.99. The minimum Gasteiger partial charge on any atom is -0.355 e. The lowest BCUT2D eigenvalue weighted by Gasteiger charge is -2.26. The minimum absolute atomic E-state index is 0. The van der Waals surface area contributed by atoms with Crippen molar-refractivity contribution in [2.45, 2.75) is 46.1 Å². The van der Waals surface area contributed by atoms with E-state index in [1.807, 2.05) is 7.05 Å². The maximum atomic E-state index is 4.32. The highest BCUT2D eigenvalue weighted by Gasteiger charge is 2.08. The smallest absolute Gasteiger partial charge is 0.193 e. The molecule has 0 aromatic heterocycles. The molecule has 0 aromatic carbocycles. The fourth-order valence-corrected chi connectivity index (χ4v) is 1.76. The molecule has 0 radical (unpaired) electrons. The van der Waals surface area contributed by atoms with Crippen LogP contribution in [0.3, 0.4) is 0 Å². The van der Waals surface area contributed by atoms with Gasteiger partial charge in [-0.25, -0.2) is 0 Å². The maximum absolute atomic E-state index is 4.32. The van der Waals surface area contributed by atoms with Crippen molar-refractivity contribution in [3.8, 4) is 0 Å². The number of hydrogen-bond acceptors (Lipinski definition) is 2. The van der Waals surface area contributed by atoms with E-state index in [-0.39, 0.29) is 24.0 Å². The first-order valence-corrected chi connectivity index (χ1v) is 7.18. The van der Waals surface area contributed by atoms with Crippen LogP contribution in [-0.2, 0) is 0 Å². The molecule has 19 heavy (non-hydrogen) atoms. The molecule has 0 aromatic rings. The second-order valence-electron chi connectivity index (χ2n) is 4.99. The van der Waals surface area contributed by atoms with Gasteiger partial charge in [0.2, 0.25) is 0 Å². The van der Waals surface area contributed by atoms with Crippen molar-refractivity contribution >= 4 is 29.9 Å². The van der Waals surface area contributed by atoms with Crippen LogP contribution < -0.4 is 5.32 Å². The molecule has 1 atom stereocenters. The van der Waals surface area contributed by atoms with Crippen LogP contribution >= 0.6 is 24.0 Å². The molecule has 0 rings (SSSR count). The van der Waals surface area contributed by atoms with E-state index in [9.17, 15) is 0 Å². The van der Waals surface area contributed by atoms with Crippen molar-refractivity contribution in [3.63, 3.8) is 0 Å². The Kier molecular flexibility index (Phi) is 14.5. The number of nitrogens with one attached hydrogen (secondary N) is 1. The van der Waals surface area contributed by atoms with Crippen molar-refractivity contribution in [2.75, 3.05) is 40.8 Å². The van der Waals surface area contributed by atoms with Gasteiger partial charge in [-0.05, 0) is 26.8 Å². The van der Waals surface area contributed by atoms with Gasteiger partial charge in [0.25, 0.3) is 0 Å². The summed E-state index contributed by atoms with van der Waals surface area (Å²) in [7, 11) is 6.13. The summed E-state index contributed by atoms with van der Waals surface area (Å²) in [5.41, 5.74) is 0. The van der Waals surface area contributed by atoms with Crippen LogP contribution in [0.5, 0.6) is 0 Å². The number of nitrogens with zero attached hydrogens (tertiary/aromatic N) is 3. The number of rotatable bonds is 8. The van der Waals surface area contributed by atoms with E-state index in [0.29, 0.717) is 6.04 Å². The van der Waals surface area contributed by atoms with Crippen LogP contribution in [0.15, 0.2) is 4.99 Å². The molecule has 0 fully saturated rings. The second kappa shape index (κ2) is 13.0. The molecule has 4 nitrogen and oxygen atoms in total. The van der Waals surface area contributed by atoms with Gasteiger partial charge >= 0.3 is 0 Å². The van der Waals surface area contributed by atoms with Crippen molar-refractivity contribution in [1.82, 2.24) is 15.1 Å². The van der Waals surface area contributed by atoms with Crippen LogP contribution in [0.4, 0.5) is 0 Å². The Balaban J connectivity index is 0. The summed E-state index contributed by atoms with van der Waals surface area (Å²) >= 11 is 0. The number of unbranched alkanes of at least 4 members (excludes halogenated alkanes) is 1. The molecular weight excluding hydrogens is 351 g/mol. The molecule has 0 aliphatic carbocycles. The summed E-state index contributed by atoms with van der Waals surface area (Å²) in [6, 6.07) is 0.645. The molecular formula is C14H33IN4. The highest BCUT2D eigenvalue weighted by molar-refractivity contribution is 14.0. The summed E-state index contributed by atoms with van der Waals surface area (Å²) in [6.45, 7) is 9.77. The van der Waals surface area contributed by atoms with Gasteiger partial charge in [0.15, 0.2) is 5.96 Å². The average Bonchev–Trinajstić information content (AvgIpc) is 2.39. The molecule has 0 saturated carbocycles. The molecule has 1 unspecified atom stereocenters. The lowest BCUT2D eigenvalue weighted by Crippen LogP contribution is -2.43. The summed E-state index contributed by atoms with van der Waals surface area (Å²) in [4.78, 5) is 8.90. The van der Waals surface area contributed by atoms with Crippen LogP contribution in [0.25, 0.3) is 0 Å². The topological polar surface area (TPSA) is 30.9 Å². The fourth-order valence-electron chi connectivity index (χ4n) is 1.76.